The summed E-state index contributed by atoms with van der Waals surface area (Å²) in [6.45, 7) is 5.74. The lowest BCUT2D eigenvalue weighted by Crippen LogP contribution is -2.32. The van der Waals surface area contributed by atoms with Gasteiger partial charge in [0.25, 0.3) is 0 Å². The first-order chi connectivity index (χ1) is 8.65. The third-order valence-electron chi connectivity index (χ3n) is 4.06. The molecule has 0 aliphatic rings. The van der Waals surface area contributed by atoms with Crippen molar-refractivity contribution in [2.24, 2.45) is 12.5 Å². The minimum Gasteiger partial charge on any atom is -0.319 e. The summed E-state index contributed by atoms with van der Waals surface area (Å²) >= 11 is 0. The molecule has 0 amide bonds. The molecule has 1 rings (SSSR count). The molecule has 0 fully saturated rings. The summed E-state index contributed by atoms with van der Waals surface area (Å²) in [7, 11) is 4.06. The molecule has 104 valence electrons. The van der Waals surface area contributed by atoms with Crippen molar-refractivity contribution in [3.05, 3.63) is 18.0 Å². The molecule has 1 unspecified atom stereocenters. The summed E-state index contributed by atoms with van der Waals surface area (Å²) < 4.78 is 1.90. The van der Waals surface area contributed by atoms with E-state index in [1.807, 2.05) is 17.9 Å². The van der Waals surface area contributed by atoms with Gasteiger partial charge in [0, 0.05) is 19.8 Å². The zero-order valence-corrected chi connectivity index (χ0v) is 12.5. The van der Waals surface area contributed by atoms with Crippen molar-refractivity contribution in [3.63, 3.8) is 0 Å². The van der Waals surface area contributed by atoms with Crippen LogP contribution in [0.4, 0.5) is 0 Å². The van der Waals surface area contributed by atoms with Crippen molar-refractivity contribution in [3.8, 4) is 0 Å². The molecule has 1 aromatic rings. The maximum atomic E-state index is 4.25. The Hall–Kier alpha value is -0.830. The zero-order valence-electron chi connectivity index (χ0n) is 12.5. The van der Waals surface area contributed by atoms with E-state index >= 15 is 0 Å². The minimum absolute atomic E-state index is 0.459. The van der Waals surface area contributed by atoms with E-state index in [2.05, 4.69) is 37.5 Å². The van der Waals surface area contributed by atoms with Gasteiger partial charge in [0.2, 0.25) is 0 Å². The number of hydrogen-bond acceptors (Lipinski definition) is 2. The van der Waals surface area contributed by atoms with Crippen LogP contribution in [0, 0.1) is 5.41 Å². The predicted octanol–water partition coefficient (Wildman–Crippen LogP) is 3.16. The molecule has 0 aromatic carbocycles. The molecule has 1 atom stereocenters. The second kappa shape index (κ2) is 7.57. The Bertz CT molecular complexity index is 332. The number of hydrogen-bond donors (Lipinski definition) is 1. The lowest BCUT2D eigenvalue weighted by atomic mass is 9.76. The smallest absolute Gasteiger partial charge is 0.0521 e. The van der Waals surface area contributed by atoms with Crippen molar-refractivity contribution < 1.29 is 0 Å². The van der Waals surface area contributed by atoms with Crippen LogP contribution in [0.2, 0.25) is 0 Å². The number of rotatable bonds is 9. The van der Waals surface area contributed by atoms with Crippen LogP contribution in [-0.2, 0) is 13.5 Å². The largest absolute Gasteiger partial charge is 0.319 e. The lowest BCUT2D eigenvalue weighted by Gasteiger charge is -2.33. The Balaban J connectivity index is 2.58. The molecule has 0 spiro atoms. The fourth-order valence-electron chi connectivity index (χ4n) is 2.72. The lowest BCUT2D eigenvalue weighted by molar-refractivity contribution is 0.217. The highest BCUT2D eigenvalue weighted by molar-refractivity contribution is 5.04. The molecule has 0 radical (unpaired) electrons. The third kappa shape index (κ3) is 4.45. The van der Waals surface area contributed by atoms with E-state index in [0.717, 1.165) is 13.0 Å². The second-order valence-corrected chi connectivity index (χ2v) is 5.51. The van der Waals surface area contributed by atoms with Gasteiger partial charge in [0.1, 0.15) is 0 Å². The van der Waals surface area contributed by atoms with E-state index in [0.29, 0.717) is 5.41 Å². The fraction of sp³-hybridized carbons (Fsp3) is 0.800. The summed E-state index contributed by atoms with van der Waals surface area (Å²) in [6, 6.07) is 0. The Labute approximate surface area is 112 Å². The van der Waals surface area contributed by atoms with E-state index in [-0.39, 0.29) is 0 Å². The summed E-state index contributed by atoms with van der Waals surface area (Å²) in [4.78, 5) is 0. The van der Waals surface area contributed by atoms with E-state index in [4.69, 9.17) is 0 Å². The third-order valence-corrected chi connectivity index (χ3v) is 4.06. The zero-order chi connectivity index (χ0) is 13.4. The first-order valence-corrected chi connectivity index (χ1v) is 7.28. The predicted molar refractivity (Wildman–Crippen MR) is 77.7 cm³/mol. The maximum absolute atomic E-state index is 4.25. The van der Waals surface area contributed by atoms with Gasteiger partial charge in [-0.2, -0.15) is 5.10 Å². The van der Waals surface area contributed by atoms with Gasteiger partial charge in [-0.15, -0.1) is 0 Å². The Morgan fingerprint density at radius 1 is 1.33 bits per heavy atom. The quantitative estimate of drug-likeness (QED) is 0.730. The van der Waals surface area contributed by atoms with E-state index in [9.17, 15) is 0 Å². The van der Waals surface area contributed by atoms with Gasteiger partial charge in [-0.3, -0.25) is 4.68 Å². The number of unbranched alkanes of at least 4 members (excludes halogenated alkanes) is 1. The molecular formula is C15H29N3. The molecular weight excluding hydrogens is 222 g/mol. The van der Waals surface area contributed by atoms with Crippen molar-refractivity contribution in [2.75, 3.05) is 13.6 Å². The summed E-state index contributed by atoms with van der Waals surface area (Å²) in [5.41, 5.74) is 1.82. The van der Waals surface area contributed by atoms with Crippen molar-refractivity contribution >= 4 is 0 Å². The van der Waals surface area contributed by atoms with E-state index < -0.39 is 0 Å². The first-order valence-electron chi connectivity index (χ1n) is 7.28. The summed E-state index contributed by atoms with van der Waals surface area (Å²) in [6.07, 6.45) is 11.8. The highest BCUT2D eigenvalue weighted by atomic mass is 15.2. The van der Waals surface area contributed by atoms with Crippen LogP contribution >= 0.6 is 0 Å². The molecule has 1 heterocycles. The molecule has 18 heavy (non-hydrogen) atoms. The highest BCUT2D eigenvalue weighted by Crippen LogP contribution is 2.33. The van der Waals surface area contributed by atoms with E-state index in [1.165, 1.54) is 37.7 Å². The van der Waals surface area contributed by atoms with Crippen LogP contribution in [-0.4, -0.2) is 23.4 Å². The normalized spacial score (nSPS) is 14.7. The van der Waals surface area contributed by atoms with Crippen LogP contribution in [0.3, 0.4) is 0 Å². The van der Waals surface area contributed by atoms with Gasteiger partial charge in [0.05, 0.1) is 6.20 Å². The average molecular weight is 251 g/mol. The van der Waals surface area contributed by atoms with Crippen LogP contribution in [0.5, 0.6) is 0 Å². The molecule has 3 heteroatoms. The number of nitrogens with zero attached hydrogens (tertiary/aromatic N) is 2. The SMILES string of the molecule is CCCCC(CC)(CCc1cnn(C)c1)CNC. The average Bonchev–Trinajstić information content (AvgIpc) is 2.79. The van der Waals surface area contributed by atoms with Crippen molar-refractivity contribution in [2.45, 2.75) is 52.4 Å². The number of aryl methyl sites for hydroxylation is 2. The molecule has 1 N–H and O–H groups in total. The number of aromatic nitrogens is 2. The van der Waals surface area contributed by atoms with Gasteiger partial charge < -0.3 is 5.32 Å². The molecule has 1 aromatic heterocycles. The first kappa shape index (κ1) is 15.2. The minimum atomic E-state index is 0.459. The molecule has 0 bridgehead atoms. The number of nitrogens with one attached hydrogen (secondary N) is 1. The monoisotopic (exact) mass is 251 g/mol. The molecule has 0 aliphatic heterocycles. The maximum Gasteiger partial charge on any atom is 0.0521 e. The Morgan fingerprint density at radius 3 is 2.61 bits per heavy atom. The van der Waals surface area contributed by atoms with E-state index in [1.54, 1.807) is 0 Å². The van der Waals surface area contributed by atoms with Crippen LogP contribution < -0.4 is 5.32 Å². The Kier molecular flexibility index (Phi) is 6.41. The van der Waals surface area contributed by atoms with Crippen molar-refractivity contribution in [1.82, 2.24) is 15.1 Å². The fourth-order valence-corrected chi connectivity index (χ4v) is 2.72. The van der Waals surface area contributed by atoms with Crippen LogP contribution in [0.15, 0.2) is 12.4 Å². The molecule has 0 aliphatic carbocycles. The summed E-state index contributed by atoms with van der Waals surface area (Å²) in [5, 5.41) is 7.64. The van der Waals surface area contributed by atoms with Gasteiger partial charge >= 0.3 is 0 Å². The molecule has 0 saturated heterocycles. The summed E-state index contributed by atoms with van der Waals surface area (Å²) in [5.74, 6) is 0. The van der Waals surface area contributed by atoms with Crippen molar-refractivity contribution in [1.29, 1.82) is 0 Å². The Morgan fingerprint density at radius 2 is 2.11 bits per heavy atom. The highest BCUT2D eigenvalue weighted by Gasteiger charge is 2.26. The van der Waals surface area contributed by atoms with Gasteiger partial charge in [0.15, 0.2) is 0 Å². The molecule has 0 saturated carbocycles. The molecule has 3 nitrogen and oxygen atoms in total. The topological polar surface area (TPSA) is 29.9 Å². The van der Waals surface area contributed by atoms with Gasteiger partial charge in [-0.1, -0.05) is 26.7 Å². The van der Waals surface area contributed by atoms with Crippen LogP contribution in [0.25, 0.3) is 0 Å². The standard InChI is InChI=1S/C15H29N3/c1-5-7-9-15(6-2,13-16-3)10-8-14-11-17-18(4)12-14/h11-12,16H,5-10,13H2,1-4H3. The van der Waals surface area contributed by atoms with Crippen LogP contribution in [0.1, 0.15) is 51.5 Å². The van der Waals surface area contributed by atoms with Gasteiger partial charge in [-0.05, 0) is 43.7 Å². The van der Waals surface area contributed by atoms with Gasteiger partial charge in [-0.25, -0.2) is 0 Å². The second-order valence-electron chi connectivity index (χ2n) is 5.51.